The number of furan rings is 1. The normalized spacial score (nSPS) is 10.5. The molecule has 0 aliphatic carbocycles. The molecule has 0 spiro atoms. The highest BCUT2D eigenvalue weighted by molar-refractivity contribution is 9.10. The average Bonchev–Trinajstić information content (AvgIpc) is 2.78. The van der Waals surface area contributed by atoms with E-state index >= 15 is 0 Å². The molecule has 2 N–H and O–H groups in total. The molecule has 0 aliphatic rings. The lowest BCUT2D eigenvalue weighted by molar-refractivity contribution is 0.244. The van der Waals surface area contributed by atoms with Crippen molar-refractivity contribution >= 4 is 21.6 Å². The van der Waals surface area contributed by atoms with Crippen LogP contribution in [0.15, 0.2) is 39.2 Å². The van der Waals surface area contributed by atoms with Crippen LogP contribution in [0.5, 0.6) is 0 Å². The van der Waals surface area contributed by atoms with Gasteiger partial charge in [-0.05, 0) is 36.8 Å². The van der Waals surface area contributed by atoms with Crippen molar-refractivity contribution in [2.24, 2.45) is 0 Å². The van der Waals surface area contributed by atoms with Crippen molar-refractivity contribution in [1.82, 2.24) is 0 Å². The van der Waals surface area contributed by atoms with Gasteiger partial charge in [-0.2, -0.15) is 0 Å². The molecule has 1 heterocycles. The van der Waals surface area contributed by atoms with E-state index in [0.717, 1.165) is 15.9 Å². The molecular formula is C13H14BrNO2. The smallest absolute Gasteiger partial charge is 0.129 e. The van der Waals surface area contributed by atoms with E-state index < -0.39 is 0 Å². The molecule has 0 saturated heterocycles. The molecule has 2 rings (SSSR count). The third-order valence-electron chi connectivity index (χ3n) is 2.53. The summed E-state index contributed by atoms with van der Waals surface area (Å²) in [6, 6.07) is 9.74. The zero-order chi connectivity index (χ0) is 12.3. The van der Waals surface area contributed by atoms with Crippen molar-refractivity contribution in [1.29, 1.82) is 0 Å². The second-order valence-electron chi connectivity index (χ2n) is 3.84. The van der Waals surface area contributed by atoms with Gasteiger partial charge in [-0.3, -0.25) is 0 Å². The van der Waals surface area contributed by atoms with Crippen LogP contribution in [-0.4, -0.2) is 5.11 Å². The number of aliphatic hydroxyl groups excluding tert-OH is 1. The van der Waals surface area contributed by atoms with Crippen LogP contribution in [0.2, 0.25) is 0 Å². The van der Waals surface area contributed by atoms with Crippen LogP contribution in [0.25, 0.3) is 0 Å². The van der Waals surface area contributed by atoms with Gasteiger partial charge in [0.1, 0.15) is 18.1 Å². The number of aryl methyl sites for hydroxylation is 1. The van der Waals surface area contributed by atoms with Crippen molar-refractivity contribution in [3.8, 4) is 0 Å². The van der Waals surface area contributed by atoms with E-state index in [1.807, 2.05) is 24.3 Å². The molecule has 3 nitrogen and oxygen atoms in total. The van der Waals surface area contributed by atoms with E-state index in [-0.39, 0.29) is 6.61 Å². The monoisotopic (exact) mass is 295 g/mol. The highest BCUT2D eigenvalue weighted by atomic mass is 79.9. The minimum absolute atomic E-state index is 0.0596. The molecule has 0 radical (unpaired) electrons. The third-order valence-corrected chi connectivity index (χ3v) is 3.02. The second kappa shape index (κ2) is 5.38. The highest BCUT2D eigenvalue weighted by Crippen LogP contribution is 2.21. The molecule has 4 heteroatoms. The van der Waals surface area contributed by atoms with Gasteiger partial charge in [0.25, 0.3) is 0 Å². The molecular weight excluding hydrogens is 282 g/mol. The minimum atomic E-state index is -0.0596. The van der Waals surface area contributed by atoms with E-state index in [1.54, 1.807) is 6.07 Å². The van der Waals surface area contributed by atoms with Crippen LogP contribution in [0, 0.1) is 6.92 Å². The Labute approximate surface area is 109 Å². The number of halogens is 1. The molecule has 1 aromatic heterocycles. The van der Waals surface area contributed by atoms with Crippen LogP contribution in [-0.2, 0) is 13.2 Å². The molecule has 2 aromatic rings. The van der Waals surface area contributed by atoms with Crippen LogP contribution >= 0.6 is 15.9 Å². The Morgan fingerprint density at radius 2 is 2.00 bits per heavy atom. The number of hydrogen-bond donors (Lipinski definition) is 2. The number of aliphatic hydroxyl groups is 1. The Morgan fingerprint density at radius 1 is 1.24 bits per heavy atom. The number of hydrogen-bond acceptors (Lipinski definition) is 3. The summed E-state index contributed by atoms with van der Waals surface area (Å²) in [5.41, 5.74) is 2.25. The zero-order valence-corrected chi connectivity index (χ0v) is 11.1. The Bertz CT molecular complexity index is 508. The summed E-state index contributed by atoms with van der Waals surface area (Å²) in [4.78, 5) is 0. The summed E-state index contributed by atoms with van der Waals surface area (Å²) in [5, 5.41) is 12.2. The predicted octanol–water partition coefficient (Wildman–Crippen LogP) is 3.45. The quantitative estimate of drug-likeness (QED) is 0.908. The van der Waals surface area contributed by atoms with Gasteiger partial charge < -0.3 is 14.8 Å². The minimum Gasteiger partial charge on any atom is -0.462 e. The summed E-state index contributed by atoms with van der Waals surface area (Å²) in [6.07, 6.45) is 0. The van der Waals surface area contributed by atoms with Gasteiger partial charge in [0.15, 0.2) is 0 Å². The van der Waals surface area contributed by atoms with Gasteiger partial charge in [-0.1, -0.05) is 22.0 Å². The molecule has 0 unspecified atom stereocenters. The summed E-state index contributed by atoms with van der Waals surface area (Å²) in [6.45, 7) is 2.60. The first kappa shape index (κ1) is 12.2. The first-order valence-electron chi connectivity index (χ1n) is 5.37. The molecule has 0 aliphatic heterocycles. The lowest BCUT2D eigenvalue weighted by atomic mass is 10.2. The molecule has 17 heavy (non-hydrogen) atoms. The molecule has 1 aromatic carbocycles. The topological polar surface area (TPSA) is 45.4 Å². The first-order valence-corrected chi connectivity index (χ1v) is 6.17. The molecule has 0 saturated carbocycles. The Kier molecular flexibility index (Phi) is 3.86. The van der Waals surface area contributed by atoms with Crippen LogP contribution < -0.4 is 5.32 Å². The van der Waals surface area contributed by atoms with E-state index in [4.69, 9.17) is 9.52 Å². The standard InChI is InChI=1S/C13H14BrNO2/c1-9-2-3-10(14)6-13(9)15-7-11-4-5-12(8-16)17-11/h2-6,15-16H,7-8H2,1H3. The van der Waals surface area contributed by atoms with E-state index in [1.165, 1.54) is 5.56 Å². The maximum atomic E-state index is 8.90. The van der Waals surface area contributed by atoms with Crippen molar-refractivity contribution in [3.05, 3.63) is 51.9 Å². The fourth-order valence-corrected chi connectivity index (χ4v) is 1.93. The van der Waals surface area contributed by atoms with Crippen LogP contribution in [0.4, 0.5) is 5.69 Å². The fourth-order valence-electron chi connectivity index (χ4n) is 1.57. The summed E-state index contributed by atoms with van der Waals surface area (Å²) < 4.78 is 6.44. The van der Waals surface area contributed by atoms with Crippen molar-refractivity contribution in [2.75, 3.05) is 5.32 Å². The first-order chi connectivity index (χ1) is 8.19. The number of anilines is 1. The Balaban J connectivity index is 2.04. The maximum Gasteiger partial charge on any atom is 0.129 e. The van der Waals surface area contributed by atoms with E-state index in [0.29, 0.717) is 12.3 Å². The number of nitrogens with one attached hydrogen (secondary N) is 1. The predicted molar refractivity (Wildman–Crippen MR) is 70.8 cm³/mol. The van der Waals surface area contributed by atoms with Gasteiger partial charge in [0, 0.05) is 10.2 Å². The fraction of sp³-hybridized carbons (Fsp3) is 0.231. The summed E-state index contributed by atoms with van der Waals surface area (Å²) in [7, 11) is 0. The number of benzene rings is 1. The summed E-state index contributed by atoms with van der Waals surface area (Å²) >= 11 is 3.44. The average molecular weight is 296 g/mol. The Morgan fingerprint density at radius 3 is 2.71 bits per heavy atom. The SMILES string of the molecule is Cc1ccc(Br)cc1NCc1ccc(CO)o1. The number of rotatable bonds is 4. The largest absolute Gasteiger partial charge is 0.462 e. The lowest BCUT2D eigenvalue weighted by Gasteiger charge is -2.08. The lowest BCUT2D eigenvalue weighted by Crippen LogP contribution is -1.99. The van der Waals surface area contributed by atoms with Gasteiger partial charge in [-0.25, -0.2) is 0 Å². The molecule has 0 fully saturated rings. The van der Waals surface area contributed by atoms with Crippen molar-refractivity contribution < 1.29 is 9.52 Å². The van der Waals surface area contributed by atoms with Crippen LogP contribution in [0.1, 0.15) is 17.1 Å². The van der Waals surface area contributed by atoms with Gasteiger partial charge >= 0.3 is 0 Å². The van der Waals surface area contributed by atoms with Crippen molar-refractivity contribution in [2.45, 2.75) is 20.1 Å². The zero-order valence-electron chi connectivity index (χ0n) is 9.53. The summed E-state index contributed by atoms with van der Waals surface area (Å²) in [5.74, 6) is 1.40. The molecule has 0 bridgehead atoms. The third kappa shape index (κ3) is 3.11. The highest BCUT2D eigenvalue weighted by Gasteiger charge is 2.03. The van der Waals surface area contributed by atoms with Gasteiger partial charge in [-0.15, -0.1) is 0 Å². The van der Waals surface area contributed by atoms with Gasteiger partial charge in [0.2, 0.25) is 0 Å². The second-order valence-corrected chi connectivity index (χ2v) is 4.75. The molecule has 90 valence electrons. The van der Waals surface area contributed by atoms with Crippen molar-refractivity contribution in [3.63, 3.8) is 0 Å². The Hall–Kier alpha value is -1.26. The van der Waals surface area contributed by atoms with Crippen LogP contribution in [0.3, 0.4) is 0 Å². The molecule has 0 atom stereocenters. The maximum absolute atomic E-state index is 8.90. The van der Waals surface area contributed by atoms with E-state index in [2.05, 4.69) is 28.2 Å². The molecule has 0 amide bonds. The van der Waals surface area contributed by atoms with E-state index in [9.17, 15) is 0 Å². The van der Waals surface area contributed by atoms with Gasteiger partial charge in [0.05, 0.1) is 6.54 Å².